The molecule has 0 aromatic heterocycles. The number of halogens is 1. The molecular weight excluding hydrogens is 251 g/mol. The van der Waals surface area contributed by atoms with Crippen molar-refractivity contribution in [1.82, 2.24) is 4.90 Å². The van der Waals surface area contributed by atoms with Crippen LogP contribution in [-0.4, -0.2) is 30.2 Å². The summed E-state index contributed by atoms with van der Waals surface area (Å²) < 4.78 is 12.5. The molecule has 2 aliphatic rings. The SMILES string of the molecule is N#C[C@@H]1C(c2ccccc2)CC2CCC1N2CCCF. The molecule has 2 bridgehead atoms. The molecule has 2 saturated heterocycles. The molecule has 3 unspecified atom stereocenters. The summed E-state index contributed by atoms with van der Waals surface area (Å²) in [4.78, 5) is 2.41. The van der Waals surface area contributed by atoms with Crippen molar-refractivity contribution in [2.24, 2.45) is 5.92 Å². The molecule has 106 valence electrons. The number of piperidine rings is 1. The fraction of sp³-hybridized carbons (Fsp3) is 0.588. The van der Waals surface area contributed by atoms with Crippen LogP contribution < -0.4 is 0 Å². The summed E-state index contributed by atoms with van der Waals surface area (Å²) >= 11 is 0. The lowest BCUT2D eigenvalue weighted by Gasteiger charge is -2.42. The van der Waals surface area contributed by atoms with E-state index in [4.69, 9.17) is 0 Å². The second-order valence-corrected chi connectivity index (χ2v) is 5.99. The van der Waals surface area contributed by atoms with Crippen LogP contribution >= 0.6 is 0 Å². The zero-order chi connectivity index (χ0) is 13.9. The third kappa shape index (κ3) is 2.33. The van der Waals surface area contributed by atoms with E-state index in [9.17, 15) is 9.65 Å². The molecule has 20 heavy (non-hydrogen) atoms. The maximum Gasteiger partial charge on any atom is 0.0906 e. The number of hydrogen-bond donors (Lipinski definition) is 0. The molecular formula is C17H21FN2. The second-order valence-electron chi connectivity index (χ2n) is 5.99. The van der Waals surface area contributed by atoms with Gasteiger partial charge in [-0.3, -0.25) is 9.29 Å². The first-order chi connectivity index (χ1) is 9.85. The van der Waals surface area contributed by atoms with Crippen molar-refractivity contribution in [2.45, 2.75) is 43.7 Å². The number of rotatable bonds is 4. The summed E-state index contributed by atoms with van der Waals surface area (Å²) in [6, 6.07) is 13.8. The molecule has 0 amide bonds. The van der Waals surface area contributed by atoms with Gasteiger partial charge in [0, 0.05) is 24.5 Å². The number of hydrogen-bond acceptors (Lipinski definition) is 2. The first kappa shape index (κ1) is 13.6. The molecule has 0 N–H and O–H groups in total. The summed E-state index contributed by atoms with van der Waals surface area (Å²) in [7, 11) is 0. The van der Waals surface area contributed by atoms with Crippen molar-refractivity contribution in [3.63, 3.8) is 0 Å². The standard InChI is InChI=1S/C17H21FN2/c18-9-4-10-20-14-7-8-17(20)16(12-19)15(11-14)13-5-2-1-3-6-13/h1-3,5-6,14-17H,4,7-11H2/t14?,15?,16-,17?/m1/s1. The van der Waals surface area contributed by atoms with E-state index in [-0.39, 0.29) is 12.6 Å². The molecule has 2 fully saturated rings. The molecule has 0 aliphatic carbocycles. The summed E-state index contributed by atoms with van der Waals surface area (Å²) in [5.74, 6) is 0.399. The van der Waals surface area contributed by atoms with E-state index >= 15 is 0 Å². The van der Waals surface area contributed by atoms with Crippen molar-refractivity contribution in [2.75, 3.05) is 13.2 Å². The maximum atomic E-state index is 12.5. The number of benzene rings is 1. The highest BCUT2D eigenvalue weighted by molar-refractivity contribution is 5.26. The van der Waals surface area contributed by atoms with Crippen LogP contribution in [0.4, 0.5) is 4.39 Å². The monoisotopic (exact) mass is 272 g/mol. The third-order valence-electron chi connectivity index (χ3n) is 4.99. The fourth-order valence-corrected chi connectivity index (χ4v) is 4.12. The number of alkyl halides is 1. The van der Waals surface area contributed by atoms with E-state index in [0.717, 1.165) is 19.4 Å². The molecule has 3 rings (SSSR count). The quantitative estimate of drug-likeness (QED) is 0.838. The van der Waals surface area contributed by atoms with Gasteiger partial charge in [-0.2, -0.15) is 5.26 Å². The lowest BCUT2D eigenvalue weighted by atomic mass is 9.77. The van der Waals surface area contributed by atoms with Gasteiger partial charge in [0.1, 0.15) is 0 Å². The maximum absolute atomic E-state index is 12.5. The smallest absolute Gasteiger partial charge is 0.0906 e. The van der Waals surface area contributed by atoms with Gasteiger partial charge in [-0.15, -0.1) is 0 Å². The Morgan fingerprint density at radius 3 is 2.75 bits per heavy atom. The Kier molecular flexibility index (Phi) is 4.03. The van der Waals surface area contributed by atoms with Crippen molar-refractivity contribution in [3.05, 3.63) is 35.9 Å². The van der Waals surface area contributed by atoms with Crippen LogP contribution in [0.5, 0.6) is 0 Å². The van der Waals surface area contributed by atoms with E-state index in [1.807, 2.05) is 6.07 Å². The van der Waals surface area contributed by atoms with Gasteiger partial charge in [-0.25, -0.2) is 0 Å². The highest BCUT2D eigenvalue weighted by Crippen LogP contribution is 2.46. The summed E-state index contributed by atoms with van der Waals surface area (Å²) in [5.41, 5.74) is 1.29. The first-order valence-corrected chi connectivity index (χ1v) is 7.61. The van der Waals surface area contributed by atoms with Crippen LogP contribution in [0.15, 0.2) is 30.3 Å². The predicted molar refractivity (Wildman–Crippen MR) is 77.0 cm³/mol. The predicted octanol–water partition coefficient (Wildman–Crippen LogP) is 3.51. The van der Waals surface area contributed by atoms with Gasteiger partial charge in [0.15, 0.2) is 0 Å². The summed E-state index contributed by atoms with van der Waals surface area (Å²) in [5, 5.41) is 9.64. The summed E-state index contributed by atoms with van der Waals surface area (Å²) in [6.07, 6.45) is 3.91. The Morgan fingerprint density at radius 1 is 1.25 bits per heavy atom. The minimum atomic E-state index is -0.255. The van der Waals surface area contributed by atoms with Gasteiger partial charge >= 0.3 is 0 Å². The van der Waals surface area contributed by atoms with E-state index in [0.29, 0.717) is 24.4 Å². The Labute approximate surface area is 120 Å². The van der Waals surface area contributed by atoms with Gasteiger partial charge in [0.05, 0.1) is 18.7 Å². The Balaban J connectivity index is 1.82. The minimum absolute atomic E-state index is 0.0516. The number of nitrogens with zero attached hydrogens (tertiary/aromatic N) is 2. The lowest BCUT2D eigenvalue weighted by molar-refractivity contribution is 0.0933. The highest BCUT2D eigenvalue weighted by atomic mass is 19.1. The molecule has 1 aromatic rings. The molecule has 2 nitrogen and oxygen atoms in total. The molecule has 2 aliphatic heterocycles. The van der Waals surface area contributed by atoms with Gasteiger partial charge in [0.25, 0.3) is 0 Å². The molecule has 2 heterocycles. The Morgan fingerprint density at radius 2 is 2.05 bits per heavy atom. The summed E-state index contributed by atoms with van der Waals surface area (Å²) in [6.45, 7) is 0.556. The largest absolute Gasteiger partial charge is 0.296 e. The van der Waals surface area contributed by atoms with E-state index < -0.39 is 0 Å². The van der Waals surface area contributed by atoms with Crippen LogP contribution in [0.25, 0.3) is 0 Å². The van der Waals surface area contributed by atoms with Crippen molar-refractivity contribution in [3.8, 4) is 6.07 Å². The lowest BCUT2D eigenvalue weighted by Crippen LogP contribution is -2.48. The minimum Gasteiger partial charge on any atom is -0.296 e. The molecule has 0 saturated carbocycles. The molecule has 1 aromatic carbocycles. The molecule has 0 spiro atoms. The van der Waals surface area contributed by atoms with Gasteiger partial charge < -0.3 is 0 Å². The Bertz CT molecular complexity index is 482. The molecule has 4 atom stereocenters. The zero-order valence-corrected chi connectivity index (χ0v) is 11.7. The number of fused-ring (bicyclic) bond motifs is 2. The first-order valence-electron chi connectivity index (χ1n) is 7.61. The normalized spacial score (nSPS) is 33.0. The van der Waals surface area contributed by atoms with E-state index in [2.05, 4.69) is 35.2 Å². The average molecular weight is 272 g/mol. The van der Waals surface area contributed by atoms with Crippen LogP contribution in [0, 0.1) is 17.2 Å². The van der Waals surface area contributed by atoms with Crippen molar-refractivity contribution in [1.29, 1.82) is 5.26 Å². The molecule has 3 heteroatoms. The van der Waals surface area contributed by atoms with Crippen LogP contribution in [0.1, 0.15) is 37.2 Å². The Hall–Kier alpha value is -1.40. The van der Waals surface area contributed by atoms with E-state index in [1.54, 1.807) is 0 Å². The fourth-order valence-electron chi connectivity index (χ4n) is 4.12. The van der Waals surface area contributed by atoms with Gasteiger partial charge in [0.2, 0.25) is 0 Å². The van der Waals surface area contributed by atoms with Gasteiger partial charge in [-0.1, -0.05) is 30.3 Å². The van der Waals surface area contributed by atoms with Crippen LogP contribution in [0.3, 0.4) is 0 Å². The zero-order valence-electron chi connectivity index (χ0n) is 11.7. The highest BCUT2D eigenvalue weighted by Gasteiger charge is 2.47. The van der Waals surface area contributed by atoms with Crippen LogP contribution in [0.2, 0.25) is 0 Å². The van der Waals surface area contributed by atoms with Crippen LogP contribution in [-0.2, 0) is 0 Å². The number of nitriles is 1. The third-order valence-corrected chi connectivity index (χ3v) is 4.99. The second kappa shape index (κ2) is 5.93. The van der Waals surface area contributed by atoms with Crippen molar-refractivity contribution < 1.29 is 4.39 Å². The topological polar surface area (TPSA) is 27.0 Å². The van der Waals surface area contributed by atoms with Gasteiger partial charge in [-0.05, 0) is 31.2 Å². The molecule has 0 radical (unpaired) electrons. The average Bonchev–Trinajstić information content (AvgIpc) is 2.78. The van der Waals surface area contributed by atoms with Crippen molar-refractivity contribution >= 4 is 0 Å². The van der Waals surface area contributed by atoms with E-state index in [1.165, 1.54) is 12.0 Å².